The van der Waals surface area contributed by atoms with E-state index in [0.29, 0.717) is 0 Å². The zero-order chi connectivity index (χ0) is 13.5. The Hall–Kier alpha value is 1.00. The molecule has 0 spiro atoms. The minimum absolute atomic E-state index is 0. The summed E-state index contributed by atoms with van der Waals surface area (Å²) >= 11 is 0. The Balaban J connectivity index is 0. The normalized spacial score (nSPS) is 12.2. The number of rotatable bonds is 14. The topological polar surface area (TPSA) is 0 Å². The van der Waals surface area contributed by atoms with Crippen LogP contribution >= 0.6 is 0 Å². The molecule has 0 aliphatic carbocycles. The second-order valence-electron chi connectivity index (χ2n) is 5.98. The van der Waals surface area contributed by atoms with E-state index < -0.39 is 0 Å². The molecule has 1 heteroatoms. The quantitative estimate of drug-likeness (QED) is 0.258. The van der Waals surface area contributed by atoms with Gasteiger partial charge in [0, 0.05) is 0 Å². The predicted molar refractivity (Wildman–Crippen MR) is 92.0 cm³/mol. The van der Waals surface area contributed by atoms with Crippen molar-refractivity contribution in [2.24, 2.45) is 5.92 Å². The average Bonchev–Trinajstić information content (AvgIpc) is 2.38. The van der Waals surface area contributed by atoms with Gasteiger partial charge in [-0.2, -0.15) is 0 Å². The molecule has 0 N–H and O–H groups in total. The molecule has 0 saturated carbocycles. The average molecular weight is 277 g/mol. The Morgan fingerprint density at radius 3 is 1.32 bits per heavy atom. The molecule has 0 heterocycles. The van der Waals surface area contributed by atoms with Crippen molar-refractivity contribution in [2.75, 3.05) is 0 Å². The van der Waals surface area contributed by atoms with Gasteiger partial charge in [-0.1, -0.05) is 111 Å². The summed E-state index contributed by atoms with van der Waals surface area (Å²) in [6.07, 6.45) is 19.7. The van der Waals surface area contributed by atoms with E-state index in [0.717, 1.165) is 5.92 Å². The summed E-state index contributed by atoms with van der Waals surface area (Å²) in [6.45, 7) is 8.86. The first-order valence-corrected chi connectivity index (χ1v) is 8.64. The van der Waals surface area contributed by atoms with Gasteiger partial charge in [-0.25, -0.2) is 0 Å². The first-order chi connectivity index (χ1) is 8.81. The molecule has 0 nitrogen and oxygen atoms in total. The van der Waals surface area contributed by atoms with Crippen molar-refractivity contribution in [3.8, 4) is 0 Å². The Bertz CT molecular complexity index is 145. The number of unbranched alkanes of at least 4 members (excludes halogenated alkanes) is 10. The van der Waals surface area contributed by atoms with Gasteiger partial charge in [-0.15, -0.1) is 0 Å². The molecule has 0 amide bonds. The van der Waals surface area contributed by atoms with E-state index in [4.69, 9.17) is 0 Å². The second kappa shape index (κ2) is 19.0. The second-order valence-corrected chi connectivity index (χ2v) is 5.98. The van der Waals surface area contributed by atoms with E-state index in [-0.39, 0.29) is 29.6 Å². The minimum atomic E-state index is 0. The molecule has 0 aliphatic heterocycles. The van der Waals surface area contributed by atoms with Gasteiger partial charge in [-0.05, 0) is 5.92 Å². The van der Waals surface area contributed by atoms with Crippen molar-refractivity contribution in [1.82, 2.24) is 0 Å². The molecule has 1 radical (unpaired) electrons. The fourth-order valence-electron chi connectivity index (χ4n) is 2.57. The third-order valence-electron chi connectivity index (χ3n) is 3.93. The van der Waals surface area contributed by atoms with Crippen LogP contribution in [-0.4, -0.2) is 29.6 Å². The summed E-state index contributed by atoms with van der Waals surface area (Å²) < 4.78 is 0. The summed E-state index contributed by atoms with van der Waals surface area (Å²) in [7, 11) is 0. The van der Waals surface area contributed by atoms with Crippen LogP contribution in [0.5, 0.6) is 0 Å². The Kier molecular flexibility index (Phi) is 22.3. The van der Waals surface area contributed by atoms with E-state index in [1.165, 1.54) is 89.9 Å². The molecular formula is C18H38Na. The van der Waals surface area contributed by atoms with Crippen molar-refractivity contribution in [2.45, 2.75) is 104 Å². The molecule has 1 unspecified atom stereocenters. The Labute approximate surface area is 145 Å². The van der Waals surface area contributed by atoms with E-state index in [1.54, 1.807) is 0 Å². The molecule has 0 fully saturated rings. The Morgan fingerprint density at radius 1 is 0.579 bits per heavy atom. The summed E-state index contributed by atoms with van der Waals surface area (Å²) in [5, 5.41) is 0. The van der Waals surface area contributed by atoms with Gasteiger partial charge in [0.05, 0.1) is 0 Å². The van der Waals surface area contributed by atoms with Gasteiger partial charge in [-0.3, -0.25) is 0 Å². The summed E-state index contributed by atoms with van der Waals surface area (Å²) in [4.78, 5) is 0. The standard InChI is InChI=1S/C18H37.Na.H/c1-4-6-8-10-11-12-13-15-17-18(3)16-14-9-7-5-2;;/h18H,3-17H2,1-2H3;;. The molecule has 0 bridgehead atoms. The zero-order valence-corrected chi connectivity index (χ0v) is 13.2. The van der Waals surface area contributed by atoms with Crippen LogP contribution in [0.15, 0.2) is 0 Å². The zero-order valence-electron chi connectivity index (χ0n) is 13.2. The number of hydrogen-bond donors (Lipinski definition) is 0. The summed E-state index contributed by atoms with van der Waals surface area (Å²) in [5.41, 5.74) is 0. The maximum atomic E-state index is 4.29. The van der Waals surface area contributed by atoms with Gasteiger partial charge in [0.25, 0.3) is 0 Å². The van der Waals surface area contributed by atoms with Crippen LogP contribution in [0.2, 0.25) is 0 Å². The summed E-state index contributed by atoms with van der Waals surface area (Å²) in [5.74, 6) is 0.724. The van der Waals surface area contributed by atoms with Crippen LogP contribution in [0, 0.1) is 12.8 Å². The van der Waals surface area contributed by atoms with Crippen LogP contribution in [0.4, 0.5) is 0 Å². The van der Waals surface area contributed by atoms with Crippen molar-refractivity contribution in [3.05, 3.63) is 6.92 Å². The molecule has 0 aromatic rings. The third kappa shape index (κ3) is 19.0. The van der Waals surface area contributed by atoms with E-state index >= 15 is 0 Å². The molecule has 0 aromatic carbocycles. The molecule has 0 saturated heterocycles. The number of hydrogen-bond acceptors (Lipinski definition) is 0. The summed E-state index contributed by atoms with van der Waals surface area (Å²) in [6, 6.07) is 0. The van der Waals surface area contributed by atoms with E-state index in [1.807, 2.05) is 0 Å². The SMILES string of the molecule is [CH2]C(CCCCCC)CCCCCCCCCC.[NaH]. The molecule has 0 aromatic heterocycles. The van der Waals surface area contributed by atoms with Crippen molar-refractivity contribution >= 4 is 29.6 Å². The molecular weight excluding hydrogens is 239 g/mol. The van der Waals surface area contributed by atoms with Crippen LogP contribution in [0.1, 0.15) is 104 Å². The van der Waals surface area contributed by atoms with Crippen molar-refractivity contribution in [1.29, 1.82) is 0 Å². The monoisotopic (exact) mass is 277 g/mol. The van der Waals surface area contributed by atoms with Crippen LogP contribution in [0.3, 0.4) is 0 Å². The first kappa shape index (κ1) is 22.3. The van der Waals surface area contributed by atoms with Gasteiger partial charge < -0.3 is 0 Å². The molecule has 111 valence electrons. The van der Waals surface area contributed by atoms with Crippen LogP contribution in [0.25, 0.3) is 0 Å². The Morgan fingerprint density at radius 2 is 0.895 bits per heavy atom. The van der Waals surface area contributed by atoms with Crippen molar-refractivity contribution < 1.29 is 0 Å². The van der Waals surface area contributed by atoms with Gasteiger partial charge in [0.2, 0.25) is 0 Å². The first-order valence-electron chi connectivity index (χ1n) is 8.64. The predicted octanol–water partition coefficient (Wildman–Crippen LogP) is 6.29. The van der Waals surface area contributed by atoms with E-state index in [9.17, 15) is 0 Å². The molecule has 19 heavy (non-hydrogen) atoms. The molecule has 1 atom stereocenters. The molecule has 0 aliphatic rings. The fraction of sp³-hybridized carbons (Fsp3) is 0.944. The van der Waals surface area contributed by atoms with Crippen LogP contribution in [-0.2, 0) is 0 Å². The maximum absolute atomic E-state index is 4.29. The fourth-order valence-corrected chi connectivity index (χ4v) is 2.57. The van der Waals surface area contributed by atoms with Crippen molar-refractivity contribution in [3.63, 3.8) is 0 Å². The van der Waals surface area contributed by atoms with Gasteiger partial charge in [0.15, 0.2) is 0 Å². The van der Waals surface area contributed by atoms with Crippen LogP contribution < -0.4 is 0 Å². The van der Waals surface area contributed by atoms with E-state index in [2.05, 4.69) is 20.8 Å². The third-order valence-corrected chi connectivity index (χ3v) is 3.93. The van der Waals surface area contributed by atoms with Gasteiger partial charge in [0.1, 0.15) is 0 Å². The molecule has 0 rings (SSSR count). The van der Waals surface area contributed by atoms with Gasteiger partial charge >= 0.3 is 29.6 Å².